The molecule has 2 aromatic carbocycles. The van der Waals surface area contributed by atoms with Crippen LogP contribution in [0.5, 0.6) is 11.5 Å². The second-order valence-electron chi connectivity index (χ2n) is 6.61. The molecule has 0 fully saturated rings. The van der Waals surface area contributed by atoms with E-state index >= 15 is 0 Å². The zero-order valence-electron chi connectivity index (χ0n) is 16.4. The molecular formula is C23H21ClN2O4. The first-order valence-electron chi connectivity index (χ1n) is 9.32. The number of fused-ring (bicyclic) bond motifs is 1. The van der Waals surface area contributed by atoms with Crippen LogP contribution < -0.4 is 15.2 Å². The smallest absolute Gasteiger partial charge is 0.250 e. The lowest BCUT2D eigenvalue weighted by Crippen LogP contribution is -2.16. The number of aromatic nitrogens is 1. The first-order chi connectivity index (χ1) is 14.5. The van der Waals surface area contributed by atoms with Gasteiger partial charge in [0.15, 0.2) is 5.78 Å². The molecule has 0 radical (unpaired) electrons. The summed E-state index contributed by atoms with van der Waals surface area (Å²) in [6.07, 6.45) is 3.46. The summed E-state index contributed by atoms with van der Waals surface area (Å²) in [6.45, 7) is 2.80. The van der Waals surface area contributed by atoms with E-state index < -0.39 is 5.91 Å². The highest BCUT2D eigenvalue weighted by Gasteiger charge is 2.22. The molecule has 30 heavy (non-hydrogen) atoms. The Labute approximate surface area is 179 Å². The quantitative estimate of drug-likeness (QED) is 0.671. The number of Topliss-reactive ketones (excluding diaryl/α,β-unsaturated/α-hetero) is 1. The number of ether oxygens (including phenoxy) is 2. The normalized spacial score (nSPS) is 12.1. The van der Waals surface area contributed by atoms with Crippen molar-refractivity contribution in [1.82, 2.24) is 4.98 Å². The fourth-order valence-corrected chi connectivity index (χ4v) is 2.99. The van der Waals surface area contributed by atoms with Crippen LogP contribution in [-0.2, 0) is 6.61 Å². The van der Waals surface area contributed by atoms with Crippen molar-refractivity contribution in [3.8, 4) is 11.5 Å². The Hall–Kier alpha value is -3.38. The molecule has 0 spiro atoms. The van der Waals surface area contributed by atoms with Crippen molar-refractivity contribution >= 4 is 23.3 Å². The van der Waals surface area contributed by atoms with Crippen LogP contribution in [0.3, 0.4) is 0 Å². The highest BCUT2D eigenvalue weighted by Crippen LogP contribution is 2.35. The summed E-state index contributed by atoms with van der Waals surface area (Å²) in [4.78, 5) is 25.9. The highest BCUT2D eigenvalue weighted by molar-refractivity contribution is 6.30. The van der Waals surface area contributed by atoms with Gasteiger partial charge >= 0.3 is 0 Å². The van der Waals surface area contributed by atoms with E-state index in [1.165, 1.54) is 6.20 Å². The minimum absolute atomic E-state index is 0.128. The number of nitrogens with zero attached hydrogens (tertiary/aromatic N) is 1. The van der Waals surface area contributed by atoms with Crippen LogP contribution in [0.2, 0.25) is 5.02 Å². The maximum Gasteiger partial charge on any atom is 0.250 e. The average Bonchev–Trinajstić information content (AvgIpc) is 2.76. The van der Waals surface area contributed by atoms with E-state index in [1.54, 1.807) is 24.4 Å². The summed E-state index contributed by atoms with van der Waals surface area (Å²) in [5.41, 5.74) is 7.93. The van der Waals surface area contributed by atoms with Crippen LogP contribution in [0.4, 0.5) is 0 Å². The molecular weight excluding hydrogens is 404 g/mol. The van der Waals surface area contributed by atoms with Gasteiger partial charge in [-0.3, -0.25) is 14.6 Å². The number of pyridine rings is 1. The third-order valence-corrected chi connectivity index (χ3v) is 4.74. The number of hydrogen-bond acceptors (Lipinski definition) is 5. The fraction of sp³-hybridized carbons (Fsp3) is 0.174. The summed E-state index contributed by atoms with van der Waals surface area (Å²) in [5.74, 6) is 1.07. The molecule has 3 aromatic rings. The Bertz CT molecular complexity index is 1040. The molecule has 1 aliphatic rings. The molecule has 154 valence electrons. The molecule has 0 saturated carbocycles. The van der Waals surface area contributed by atoms with Gasteiger partial charge in [0, 0.05) is 29.4 Å². The maximum absolute atomic E-state index is 11.8. The molecule has 1 aromatic heterocycles. The molecule has 0 aliphatic carbocycles. The Morgan fingerprint density at radius 2 is 1.97 bits per heavy atom. The molecule has 7 heteroatoms. The molecule has 0 atom stereocenters. The number of carbonyl (C=O) groups is 2. The molecule has 2 N–H and O–H groups in total. The highest BCUT2D eigenvalue weighted by atomic mass is 35.5. The van der Waals surface area contributed by atoms with Crippen LogP contribution >= 0.6 is 11.6 Å². The lowest BCUT2D eigenvalue weighted by molar-refractivity contribution is 0.0931. The van der Waals surface area contributed by atoms with Gasteiger partial charge < -0.3 is 15.2 Å². The first kappa shape index (κ1) is 21.3. The Balaban J connectivity index is 0.000000239. The first-order valence-corrected chi connectivity index (χ1v) is 9.70. The molecule has 0 unspecified atom stereocenters. The number of hydrogen-bond donors (Lipinski definition) is 1. The van der Waals surface area contributed by atoms with Gasteiger partial charge in [0.25, 0.3) is 0 Å². The van der Waals surface area contributed by atoms with E-state index in [4.69, 9.17) is 26.8 Å². The zero-order valence-corrected chi connectivity index (χ0v) is 17.2. The molecule has 6 nitrogen and oxygen atoms in total. The minimum atomic E-state index is -0.442. The standard InChI is InChI=1S/C17H15ClO3.C6H6N2O/c1-11-16(21-10-12-2-4-13(18)5-3-12)7-6-14-15(19)8-9-20-17(11)14;7-6(9)5-2-1-3-8-4-5/h2-7H,8-10H2,1H3;1-4H,(H2,7,9). The van der Waals surface area contributed by atoms with Gasteiger partial charge in [0.05, 0.1) is 17.7 Å². The van der Waals surface area contributed by atoms with Gasteiger partial charge in [-0.15, -0.1) is 0 Å². The number of halogens is 1. The average molecular weight is 425 g/mol. The number of benzene rings is 2. The van der Waals surface area contributed by atoms with E-state index in [0.29, 0.717) is 41.5 Å². The number of rotatable bonds is 4. The summed E-state index contributed by atoms with van der Waals surface area (Å²) in [6, 6.07) is 14.4. The van der Waals surface area contributed by atoms with E-state index in [-0.39, 0.29) is 5.78 Å². The molecule has 4 rings (SSSR count). The molecule has 2 heterocycles. The van der Waals surface area contributed by atoms with Crippen molar-refractivity contribution in [1.29, 1.82) is 0 Å². The van der Waals surface area contributed by atoms with Crippen LogP contribution in [-0.4, -0.2) is 23.3 Å². The second-order valence-corrected chi connectivity index (χ2v) is 7.04. The Kier molecular flexibility index (Phi) is 7.03. The van der Waals surface area contributed by atoms with E-state index in [9.17, 15) is 9.59 Å². The van der Waals surface area contributed by atoms with Gasteiger partial charge in [-0.05, 0) is 48.9 Å². The van der Waals surface area contributed by atoms with Gasteiger partial charge in [-0.2, -0.15) is 0 Å². The molecule has 0 bridgehead atoms. The van der Waals surface area contributed by atoms with Crippen molar-refractivity contribution < 1.29 is 19.1 Å². The number of ketones is 1. The van der Waals surface area contributed by atoms with Crippen LogP contribution in [0.1, 0.15) is 38.3 Å². The number of nitrogens with two attached hydrogens (primary N) is 1. The van der Waals surface area contributed by atoms with Gasteiger partial charge in [0.1, 0.15) is 18.1 Å². The van der Waals surface area contributed by atoms with Crippen molar-refractivity contribution in [2.45, 2.75) is 20.0 Å². The second kappa shape index (κ2) is 9.89. The summed E-state index contributed by atoms with van der Waals surface area (Å²) in [7, 11) is 0. The Morgan fingerprint density at radius 3 is 2.60 bits per heavy atom. The molecule has 0 saturated heterocycles. The third-order valence-electron chi connectivity index (χ3n) is 4.49. The largest absolute Gasteiger partial charge is 0.492 e. The van der Waals surface area contributed by atoms with Crippen molar-refractivity contribution in [3.05, 3.63) is 88.2 Å². The molecule has 1 aliphatic heterocycles. The Morgan fingerprint density at radius 1 is 1.20 bits per heavy atom. The monoisotopic (exact) mass is 424 g/mol. The lowest BCUT2D eigenvalue weighted by atomic mass is 10.0. The van der Waals surface area contributed by atoms with E-state index in [0.717, 1.165) is 16.9 Å². The summed E-state index contributed by atoms with van der Waals surface area (Å²) < 4.78 is 11.4. The van der Waals surface area contributed by atoms with Gasteiger partial charge in [-0.1, -0.05) is 23.7 Å². The van der Waals surface area contributed by atoms with Crippen molar-refractivity contribution in [2.24, 2.45) is 5.73 Å². The lowest BCUT2D eigenvalue weighted by Gasteiger charge is -2.20. The van der Waals surface area contributed by atoms with E-state index in [2.05, 4.69) is 4.98 Å². The maximum atomic E-state index is 11.8. The predicted molar refractivity (Wildman–Crippen MR) is 114 cm³/mol. The molecule has 1 amide bonds. The van der Waals surface area contributed by atoms with Crippen LogP contribution in [0, 0.1) is 6.92 Å². The van der Waals surface area contributed by atoms with E-state index in [1.807, 2.05) is 37.3 Å². The zero-order chi connectivity index (χ0) is 21.5. The fourth-order valence-electron chi connectivity index (χ4n) is 2.87. The summed E-state index contributed by atoms with van der Waals surface area (Å²) >= 11 is 5.86. The van der Waals surface area contributed by atoms with Gasteiger partial charge in [-0.25, -0.2) is 0 Å². The summed E-state index contributed by atoms with van der Waals surface area (Å²) in [5, 5.41) is 0.704. The topological polar surface area (TPSA) is 91.5 Å². The predicted octanol–water partition coefficient (Wildman–Crippen LogP) is 4.37. The minimum Gasteiger partial charge on any atom is -0.492 e. The van der Waals surface area contributed by atoms with Crippen LogP contribution in [0.15, 0.2) is 60.9 Å². The number of amides is 1. The SMILES string of the molecule is Cc1c(OCc2ccc(Cl)cc2)ccc2c1OCCC2=O.NC(=O)c1cccnc1. The number of primary amides is 1. The van der Waals surface area contributed by atoms with Crippen LogP contribution in [0.25, 0.3) is 0 Å². The van der Waals surface area contributed by atoms with Gasteiger partial charge in [0.2, 0.25) is 5.91 Å². The van der Waals surface area contributed by atoms with Crippen molar-refractivity contribution in [2.75, 3.05) is 6.61 Å². The number of carbonyl (C=O) groups excluding carboxylic acids is 2. The third kappa shape index (κ3) is 5.36. The van der Waals surface area contributed by atoms with Crippen molar-refractivity contribution in [3.63, 3.8) is 0 Å².